The molecule has 3 rings (SSSR count). The van der Waals surface area contributed by atoms with Gasteiger partial charge < -0.3 is 18.6 Å². The molecule has 0 spiro atoms. The fourth-order valence-corrected chi connectivity index (χ4v) is 2.60. The Labute approximate surface area is 156 Å². The number of ether oxygens (including phenoxy) is 1. The minimum atomic E-state index is -0.110. The SMILES string of the molecule is C#CCN(Cc1ccco1)C(=O)CCc1nc(-c2ccccc2OC)no1. The summed E-state index contributed by atoms with van der Waals surface area (Å²) < 4.78 is 15.9. The summed E-state index contributed by atoms with van der Waals surface area (Å²) in [6.07, 6.45) is 7.46. The number of hydrogen-bond acceptors (Lipinski definition) is 6. The van der Waals surface area contributed by atoms with Crippen LogP contribution >= 0.6 is 0 Å². The zero-order chi connectivity index (χ0) is 19.1. The molecule has 3 aromatic rings. The largest absolute Gasteiger partial charge is 0.496 e. The van der Waals surface area contributed by atoms with Gasteiger partial charge in [-0.05, 0) is 24.3 Å². The van der Waals surface area contributed by atoms with Crippen LogP contribution in [0.4, 0.5) is 0 Å². The molecule has 27 heavy (non-hydrogen) atoms. The highest BCUT2D eigenvalue weighted by Crippen LogP contribution is 2.27. The summed E-state index contributed by atoms with van der Waals surface area (Å²) >= 11 is 0. The van der Waals surface area contributed by atoms with E-state index in [-0.39, 0.29) is 18.9 Å². The van der Waals surface area contributed by atoms with Crippen LogP contribution in [0.3, 0.4) is 0 Å². The van der Waals surface area contributed by atoms with Gasteiger partial charge in [0.25, 0.3) is 0 Å². The van der Waals surface area contributed by atoms with Gasteiger partial charge in [0.2, 0.25) is 17.6 Å². The molecule has 0 radical (unpaired) electrons. The van der Waals surface area contributed by atoms with Gasteiger partial charge in [0, 0.05) is 12.8 Å². The maximum atomic E-state index is 12.5. The van der Waals surface area contributed by atoms with Crippen LogP contribution in [0.25, 0.3) is 11.4 Å². The van der Waals surface area contributed by atoms with E-state index in [0.717, 1.165) is 5.56 Å². The number of rotatable bonds is 8. The van der Waals surface area contributed by atoms with Crippen molar-refractivity contribution in [1.82, 2.24) is 15.0 Å². The Morgan fingerprint density at radius 3 is 2.89 bits per heavy atom. The molecule has 0 bridgehead atoms. The number of aryl methyl sites for hydroxylation is 1. The van der Waals surface area contributed by atoms with E-state index in [1.807, 2.05) is 24.3 Å². The van der Waals surface area contributed by atoms with Gasteiger partial charge in [0.1, 0.15) is 11.5 Å². The molecule has 0 aliphatic rings. The summed E-state index contributed by atoms with van der Waals surface area (Å²) in [5.74, 6) is 4.51. The van der Waals surface area contributed by atoms with E-state index in [1.165, 1.54) is 0 Å². The summed E-state index contributed by atoms with van der Waals surface area (Å²) in [5, 5.41) is 3.98. The van der Waals surface area contributed by atoms with Crippen LogP contribution in [0.2, 0.25) is 0 Å². The molecule has 7 heteroatoms. The fourth-order valence-electron chi connectivity index (χ4n) is 2.60. The molecule has 0 atom stereocenters. The highest BCUT2D eigenvalue weighted by molar-refractivity contribution is 5.76. The molecule has 0 aliphatic heterocycles. The topological polar surface area (TPSA) is 81.6 Å². The highest BCUT2D eigenvalue weighted by Gasteiger charge is 2.17. The molecule has 138 valence electrons. The van der Waals surface area contributed by atoms with Crippen LogP contribution in [0.1, 0.15) is 18.1 Å². The predicted molar refractivity (Wildman–Crippen MR) is 97.6 cm³/mol. The van der Waals surface area contributed by atoms with Crippen molar-refractivity contribution < 1.29 is 18.5 Å². The Kier molecular flexibility index (Phi) is 5.90. The van der Waals surface area contributed by atoms with Crippen LogP contribution < -0.4 is 4.74 Å². The van der Waals surface area contributed by atoms with Crippen molar-refractivity contribution in [2.24, 2.45) is 0 Å². The molecular weight excluding hydrogens is 346 g/mol. The lowest BCUT2D eigenvalue weighted by Crippen LogP contribution is -2.31. The van der Waals surface area contributed by atoms with Gasteiger partial charge in [-0.3, -0.25) is 4.79 Å². The highest BCUT2D eigenvalue weighted by atomic mass is 16.5. The van der Waals surface area contributed by atoms with Gasteiger partial charge in [0.15, 0.2) is 0 Å². The second-order valence-electron chi connectivity index (χ2n) is 5.75. The lowest BCUT2D eigenvalue weighted by molar-refractivity contribution is -0.131. The second-order valence-corrected chi connectivity index (χ2v) is 5.75. The van der Waals surface area contributed by atoms with Gasteiger partial charge in [-0.25, -0.2) is 0 Å². The third-order valence-corrected chi connectivity index (χ3v) is 3.93. The number of nitrogens with zero attached hydrogens (tertiary/aromatic N) is 3. The van der Waals surface area contributed by atoms with E-state index in [0.29, 0.717) is 36.2 Å². The Bertz CT molecular complexity index is 925. The monoisotopic (exact) mass is 365 g/mol. The van der Waals surface area contributed by atoms with Crippen LogP contribution in [0.5, 0.6) is 5.75 Å². The Morgan fingerprint density at radius 1 is 1.30 bits per heavy atom. The summed E-state index contributed by atoms with van der Waals surface area (Å²) in [6, 6.07) is 11.0. The summed E-state index contributed by atoms with van der Waals surface area (Å²) in [6.45, 7) is 0.530. The van der Waals surface area contributed by atoms with Crippen LogP contribution in [-0.4, -0.2) is 34.6 Å². The first-order valence-electron chi connectivity index (χ1n) is 8.41. The van der Waals surface area contributed by atoms with Crippen molar-refractivity contribution in [1.29, 1.82) is 0 Å². The molecule has 2 aromatic heterocycles. The van der Waals surface area contributed by atoms with E-state index in [9.17, 15) is 4.79 Å². The first-order chi connectivity index (χ1) is 13.2. The minimum absolute atomic E-state index is 0.110. The van der Waals surface area contributed by atoms with E-state index in [1.54, 1.807) is 30.4 Å². The number of amides is 1. The van der Waals surface area contributed by atoms with Crippen LogP contribution in [0, 0.1) is 12.3 Å². The van der Waals surface area contributed by atoms with Crippen molar-refractivity contribution in [3.63, 3.8) is 0 Å². The molecule has 2 heterocycles. The van der Waals surface area contributed by atoms with E-state index < -0.39 is 0 Å². The fraction of sp³-hybridized carbons (Fsp3) is 0.250. The number of para-hydroxylation sites is 1. The molecule has 7 nitrogen and oxygen atoms in total. The number of methoxy groups -OCH3 is 1. The predicted octanol–water partition coefficient (Wildman–Crippen LogP) is 2.93. The van der Waals surface area contributed by atoms with Crippen molar-refractivity contribution in [2.45, 2.75) is 19.4 Å². The second kappa shape index (κ2) is 8.72. The quantitative estimate of drug-likeness (QED) is 0.571. The minimum Gasteiger partial charge on any atom is -0.496 e. The van der Waals surface area contributed by atoms with Crippen LogP contribution in [0.15, 0.2) is 51.6 Å². The Morgan fingerprint density at radius 2 is 2.15 bits per heavy atom. The Balaban J connectivity index is 1.63. The number of carbonyl (C=O) groups excluding carboxylic acids is 1. The Hall–Kier alpha value is -3.53. The third kappa shape index (κ3) is 4.55. The van der Waals surface area contributed by atoms with Crippen molar-refractivity contribution >= 4 is 5.91 Å². The molecule has 0 N–H and O–H groups in total. The molecule has 0 fully saturated rings. The van der Waals surface area contributed by atoms with Gasteiger partial charge in [-0.2, -0.15) is 4.98 Å². The van der Waals surface area contributed by atoms with Gasteiger partial charge in [-0.1, -0.05) is 23.2 Å². The van der Waals surface area contributed by atoms with Gasteiger partial charge in [0.05, 0.1) is 32.0 Å². The average molecular weight is 365 g/mol. The lowest BCUT2D eigenvalue weighted by atomic mass is 10.2. The zero-order valence-electron chi connectivity index (χ0n) is 14.9. The number of terminal acetylenes is 1. The number of carbonyl (C=O) groups is 1. The molecule has 0 aliphatic carbocycles. The smallest absolute Gasteiger partial charge is 0.227 e. The average Bonchev–Trinajstić information content (AvgIpc) is 3.37. The number of benzene rings is 1. The third-order valence-electron chi connectivity index (χ3n) is 3.93. The molecule has 0 unspecified atom stereocenters. The van der Waals surface area contributed by atoms with Crippen molar-refractivity contribution in [3.8, 4) is 29.5 Å². The molecule has 1 aromatic carbocycles. The maximum absolute atomic E-state index is 12.5. The van der Waals surface area contributed by atoms with Crippen molar-refractivity contribution in [3.05, 3.63) is 54.3 Å². The van der Waals surface area contributed by atoms with Gasteiger partial charge in [-0.15, -0.1) is 6.42 Å². The van der Waals surface area contributed by atoms with E-state index in [2.05, 4.69) is 16.1 Å². The number of furan rings is 1. The van der Waals surface area contributed by atoms with Crippen molar-refractivity contribution in [2.75, 3.05) is 13.7 Å². The maximum Gasteiger partial charge on any atom is 0.227 e. The normalized spacial score (nSPS) is 10.4. The summed E-state index contributed by atoms with van der Waals surface area (Å²) in [5.41, 5.74) is 0.730. The number of hydrogen-bond donors (Lipinski definition) is 0. The lowest BCUT2D eigenvalue weighted by Gasteiger charge is -2.18. The molecule has 0 saturated carbocycles. The molecular formula is C20H19N3O4. The summed E-state index contributed by atoms with van der Waals surface area (Å²) in [7, 11) is 1.58. The first-order valence-corrected chi connectivity index (χ1v) is 8.41. The van der Waals surface area contributed by atoms with Crippen LogP contribution in [-0.2, 0) is 17.8 Å². The van der Waals surface area contributed by atoms with E-state index >= 15 is 0 Å². The standard InChI is InChI=1S/C20H19N3O4/c1-3-12-23(14-15-7-6-13-26-15)19(24)11-10-18-21-20(22-27-18)16-8-4-5-9-17(16)25-2/h1,4-9,13H,10-12,14H2,2H3. The molecule has 0 saturated heterocycles. The molecule has 1 amide bonds. The number of aromatic nitrogens is 2. The van der Waals surface area contributed by atoms with Gasteiger partial charge >= 0.3 is 0 Å². The van der Waals surface area contributed by atoms with E-state index in [4.69, 9.17) is 20.1 Å². The first kappa shape index (κ1) is 18.3. The zero-order valence-corrected chi connectivity index (χ0v) is 14.9. The summed E-state index contributed by atoms with van der Waals surface area (Å²) in [4.78, 5) is 18.4.